The van der Waals surface area contributed by atoms with Gasteiger partial charge in [-0.15, -0.1) is 11.3 Å². The first-order valence-electron chi connectivity index (χ1n) is 5.09. The minimum Gasteiger partial charge on any atom is -0.478 e. The minimum atomic E-state index is -3.79. The van der Waals surface area contributed by atoms with Crippen LogP contribution in [0.15, 0.2) is 39.9 Å². The van der Waals surface area contributed by atoms with Crippen molar-refractivity contribution < 1.29 is 18.3 Å². The highest BCUT2D eigenvalue weighted by Gasteiger charge is 2.19. The number of carboxylic acid groups (broad SMARTS) is 1. The molecule has 2 aromatic rings. The topological polar surface area (TPSA) is 109 Å². The van der Waals surface area contributed by atoms with Crippen molar-refractivity contribution in [2.75, 3.05) is 10.5 Å². The Kier molecular flexibility index (Phi) is 3.45. The molecule has 19 heavy (non-hydrogen) atoms. The molecule has 0 aliphatic rings. The molecule has 0 saturated heterocycles. The maximum absolute atomic E-state index is 12.0. The Bertz CT molecular complexity index is 708. The van der Waals surface area contributed by atoms with E-state index in [0.717, 1.165) is 11.3 Å². The molecule has 8 heteroatoms. The van der Waals surface area contributed by atoms with Crippen LogP contribution in [-0.2, 0) is 10.0 Å². The number of carboxylic acids is 1. The molecule has 100 valence electrons. The summed E-state index contributed by atoms with van der Waals surface area (Å²) < 4.78 is 26.4. The molecule has 4 N–H and O–H groups in total. The number of carbonyl (C=O) groups is 1. The fourth-order valence-electron chi connectivity index (χ4n) is 1.44. The summed E-state index contributed by atoms with van der Waals surface area (Å²) in [4.78, 5) is 11.0. The van der Waals surface area contributed by atoms with E-state index in [9.17, 15) is 13.2 Å². The van der Waals surface area contributed by atoms with Crippen molar-refractivity contribution in [1.29, 1.82) is 0 Å². The average molecular weight is 298 g/mol. The van der Waals surface area contributed by atoms with E-state index in [1.807, 2.05) is 0 Å². The van der Waals surface area contributed by atoms with E-state index in [2.05, 4.69) is 4.72 Å². The third-order valence-electron chi connectivity index (χ3n) is 2.28. The van der Waals surface area contributed by atoms with Gasteiger partial charge in [-0.25, -0.2) is 13.2 Å². The summed E-state index contributed by atoms with van der Waals surface area (Å²) in [5, 5.41) is 10.6. The Hall–Kier alpha value is -2.06. The average Bonchev–Trinajstić information content (AvgIpc) is 2.81. The molecule has 0 saturated carbocycles. The highest BCUT2D eigenvalue weighted by atomic mass is 32.2. The monoisotopic (exact) mass is 298 g/mol. The highest BCUT2D eigenvalue weighted by Crippen LogP contribution is 2.24. The van der Waals surface area contributed by atoms with Gasteiger partial charge < -0.3 is 10.8 Å². The largest absolute Gasteiger partial charge is 0.478 e. The summed E-state index contributed by atoms with van der Waals surface area (Å²) in [6.07, 6.45) is 0. The van der Waals surface area contributed by atoms with Crippen molar-refractivity contribution in [3.8, 4) is 0 Å². The van der Waals surface area contributed by atoms with Gasteiger partial charge in [0.25, 0.3) is 10.0 Å². The molecular formula is C11H10N2O4S2. The van der Waals surface area contributed by atoms with Crippen LogP contribution in [0.3, 0.4) is 0 Å². The molecule has 0 atom stereocenters. The number of anilines is 2. The minimum absolute atomic E-state index is 0.0547. The van der Waals surface area contributed by atoms with Crippen molar-refractivity contribution in [1.82, 2.24) is 0 Å². The number of hydrogen-bond donors (Lipinski definition) is 3. The van der Waals surface area contributed by atoms with Gasteiger partial charge in [-0.1, -0.05) is 6.07 Å². The Balaban J connectivity index is 2.44. The van der Waals surface area contributed by atoms with Gasteiger partial charge in [-0.3, -0.25) is 4.72 Å². The Morgan fingerprint density at radius 3 is 2.63 bits per heavy atom. The summed E-state index contributed by atoms with van der Waals surface area (Å²) in [5.74, 6) is -1.23. The third-order valence-corrected chi connectivity index (χ3v) is 5.04. The maximum atomic E-state index is 12.0. The second-order valence-corrected chi connectivity index (χ2v) is 6.50. The van der Waals surface area contributed by atoms with Gasteiger partial charge in [0.1, 0.15) is 4.21 Å². The fraction of sp³-hybridized carbons (Fsp3) is 0. The molecule has 0 radical (unpaired) electrons. The molecule has 0 aliphatic heterocycles. The first kappa shape index (κ1) is 13.4. The van der Waals surface area contributed by atoms with Crippen LogP contribution >= 0.6 is 11.3 Å². The lowest BCUT2D eigenvalue weighted by atomic mass is 10.1. The van der Waals surface area contributed by atoms with Crippen LogP contribution in [-0.4, -0.2) is 19.5 Å². The molecule has 0 aliphatic carbocycles. The lowest BCUT2D eigenvalue weighted by molar-refractivity contribution is 0.0698. The van der Waals surface area contributed by atoms with Gasteiger partial charge >= 0.3 is 5.97 Å². The van der Waals surface area contributed by atoms with Crippen LogP contribution in [0.1, 0.15) is 10.4 Å². The first-order chi connectivity index (χ1) is 8.90. The number of rotatable bonds is 4. The van der Waals surface area contributed by atoms with E-state index in [-0.39, 0.29) is 21.1 Å². The van der Waals surface area contributed by atoms with Gasteiger partial charge in [-0.2, -0.15) is 0 Å². The zero-order valence-electron chi connectivity index (χ0n) is 9.53. The molecule has 6 nitrogen and oxygen atoms in total. The lowest BCUT2D eigenvalue weighted by Crippen LogP contribution is -2.14. The van der Waals surface area contributed by atoms with Crippen molar-refractivity contribution >= 4 is 38.7 Å². The van der Waals surface area contributed by atoms with E-state index in [1.165, 1.54) is 24.3 Å². The van der Waals surface area contributed by atoms with Crippen LogP contribution < -0.4 is 10.5 Å². The number of nitrogen functional groups attached to an aromatic ring is 1. The molecule has 0 bridgehead atoms. The summed E-state index contributed by atoms with van der Waals surface area (Å²) in [5.41, 5.74) is 5.60. The number of hydrogen-bond acceptors (Lipinski definition) is 5. The molecule has 0 spiro atoms. The van der Waals surface area contributed by atoms with Crippen molar-refractivity contribution in [2.45, 2.75) is 4.21 Å². The van der Waals surface area contributed by atoms with E-state index in [4.69, 9.17) is 10.8 Å². The molecular weight excluding hydrogens is 288 g/mol. The van der Waals surface area contributed by atoms with Crippen LogP contribution in [0.2, 0.25) is 0 Å². The van der Waals surface area contributed by atoms with E-state index in [0.29, 0.717) is 0 Å². The Morgan fingerprint density at radius 1 is 1.32 bits per heavy atom. The number of aromatic carboxylic acids is 1. The molecule has 0 fully saturated rings. The molecule has 1 heterocycles. The van der Waals surface area contributed by atoms with Crippen molar-refractivity contribution in [3.05, 3.63) is 41.3 Å². The molecule has 1 aromatic heterocycles. The quantitative estimate of drug-likeness (QED) is 0.746. The smallest absolute Gasteiger partial charge is 0.337 e. The lowest BCUT2D eigenvalue weighted by Gasteiger charge is -2.10. The van der Waals surface area contributed by atoms with Crippen LogP contribution in [0, 0.1) is 0 Å². The van der Waals surface area contributed by atoms with Gasteiger partial charge in [0.15, 0.2) is 0 Å². The summed E-state index contributed by atoms with van der Waals surface area (Å²) >= 11 is 1.04. The van der Waals surface area contributed by atoms with Gasteiger partial charge in [0.05, 0.1) is 11.3 Å². The second-order valence-electron chi connectivity index (χ2n) is 3.65. The first-order valence-corrected chi connectivity index (χ1v) is 7.45. The number of nitrogens with one attached hydrogen (secondary N) is 1. The fourth-order valence-corrected chi connectivity index (χ4v) is 3.51. The summed E-state index contributed by atoms with van der Waals surface area (Å²) in [6.45, 7) is 0. The second kappa shape index (κ2) is 4.90. The molecule has 2 rings (SSSR count). The maximum Gasteiger partial charge on any atom is 0.337 e. The normalized spacial score (nSPS) is 11.2. The number of sulfonamides is 1. The summed E-state index contributed by atoms with van der Waals surface area (Å²) in [6, 6.07) is 6.95. The van der Waals surface area contributed by atoms with Crippen molar-refractivity contribution in [3.63, 3.8) is 0 Å². The SMILES string of the molecule is Nc1ccc(C(=O)O)c(NS(=O)(=O)c2cccs2)c1. The Morgan fingerprint density at radius 2 is 2.05 bits per heavy atom. The highest BCUT2D eigenvalue weighted by molar-refractivity contribution is 7.94. The van der Waals surface area contributed by atoms with Gasteiger partial charge in [0, 0.05) is 5.69 Å². The molecule has 1 aromatic carbocycles. The van der Waals surface area contributed by atoms with E-state index >= 15 is 0 Å². The third kappa shape index (κ3) is 2.85. The van der Waals surface area contributed by atoms with Gasteiger partial charge in [0.2, 0.25) is 0 Å². The van der Waals surface area contributed by atoms with E-state index in [1.54, 1.807) is 11.4 Å². The van der Waals surface area contributed by atoms with Crippen LogP contribution in [0.25, 0.3) is 0 Å². The number of benzene rings is 1. The predicted molar refractivity (Wildman–Crippen MR) is 72.9 cm³/mol. The standard InChI is InChI=1S/C11H10N2O4S2/c12-7-3-4-8(11(14)15)9(6-7)13-19(16,17)10-2-1-5-18-10/h1-6,13H,12H2,(H,14,15). The zero-order valence-corrected chi connectivity index (χ0v) is 11.2. The zero-order chi connectivity index (χ0) is 14.0. The number of nitrogens with two attached hydrogens (primary N) is 1. The van der Waals surface area contributed by atoms with Crippen LogP contribution in [0.5, 0.6) is 0 Å². The number of thiophene rings is 1. The van der Waals surface area contributed by atoms with Crippen LogP contribution in [0.4, 0.5) is 11.4 Å². The predicted octanol–water partition coefficient (Wildman–Crippen LogP) is 1.83. The molecule has 0 amide bonds. The molecule has 0 unspecified atom stereocenters. The summed E-state index contributed by atoms with van der Waals surface area (Å²) in [7, 11) is -3.79. The van der Waals surface area contributed by atoms with E-state index < -0.39 is 16.0 Å². The van der Waals surface area contributed by atoms with Crippen molar-refractivity contribution in [2.24, 2.45) is 0 Å². The Labute approximate surface area is 113 Å². The van der Waals surface area contributed by atoms with Gasteiger partial charge in [-0.05, 0) is 29.6 Å².